The van der Waals surface area contributed by atoms with Crippen LogP contribution in [0, 0.1) is 10.1 Å². The van der Waals surface area contributed by atoms with E-state index < -0.39 is 22.8 Å². The molecule has 0 aliphatic heterocycles. The van der Waals surface area contributed by atoms with E-state index >= 15 is 0 Å². The summed E-state index contributed by atoms with van der Waals surface area (Å²) in [6, 6.07) is 11.5. The fourth-order valence-electron chi connectivity index (χ4n) is 1.84. The third-order valence-corrected chi connectivity index (χ3v) is 2.77. The molecule has 2 aromatic rings. The number of esters is 1. The molecule has 0 saturated carbocycles. The van der Waals surface area contributed by atoms with Crippen LogP contribution in [0.1, 0.15) is 18.6 Å². The van der Waals surface area contributed by atoms with Crippen LogP contribution in [0.2, 0.25) is 0 Å². The molecule has 0 bridgehead atoms. The second-order valence-corrected chi connectivity index (χ2v) is 4.24. The number of pyridine rings is 1. The number of hydrogen-bond donors (Lipinski definition) is 0. The first-order chi connectivity index (χ1) is 10.6. The topological polar surface area (TPSA) is 91.6 Å². The number of carbonyl (C=O) groups is 1. The molecule has 114 valence electrons. The summed E-state index contributed by atoms with van der Waals surface area (Å²) in [5, 5.41) is 11.0. The fraction of sp³-hybridized carbons (Fsp3) is 0.200. The van der Waals surface area contributed by atoms with Crippen LogP contribution in [0.5, 0.6) is 5.75 Å². The Morgan fingerprint density at radius 3 is 2.64 bits per heavy atom. The minimum absolute atomic E-state index is 0.0885. The van der Waals surface area contributed by atoms with Gasteiger partial charge in [0, 0.05) is 5.56 Å². The summed E-state index contributed by atoms with van der Waals surface area (Å²) in [5.41, 5.74) is 0.541. The average Bonchev–Trinajstić information content (AvgIpc) is 2.53. The first-order valence-corrected chi connectivity index (χ1v) is 6.61. The van der Waals surface area contributed by atoms with Gasteiger partial charge >= 0.3 is 11.8 Å². The largest absolute Gasteiger partial charge is 0.465 e. The summed E-state index contributed by atoms with van der Waals surface area (Å²) in [6.07, 6.45) is 0.191. The van der Waals surface area contributed by atoms with E-state index in [0.717, 1.165) is 0 Å². The highest BCUT2D eigenvalue weighted by Gasteiger charge is 2.27. The Bertz CT molecular complexity index is 660. The van der Waals surface area contributed by atoms with Crippen molar-refractivity contribution < 1.29 is 19.2 Å². The van der Waals surface area contributed by atoms with Gasteiger partial charge in [0.05, 0.1) is 6.61 Å². The third-order valence-electron chi connectivity index (χ3n) is 2.77. The zero-order valence-electron chi connectivity index (χ0n) is 11.8. The molecule has 0 fully saturated rings. The van der Waals surface area contributed by atoms with Gasteiger partial charge in [0.15, 0.2) is 0 Å². The van der Waals surface area contributed by atoms with Gasteiger partial charge in [-0.2, -0.15) is 0 Å². The number of hydrogen-bond acceptors (Lipinski definition) is 6. The molecule has 0 aliphatic rings. The molecule has 2 rings (SSSR count). The van der Waals surface area contributed by atoms with Gasteiger partial charge in [0.1, 0.15) is 6.20 Å². The lowest BCUT2D eigenvalue weighted by atomic mass is 10.1. The highest BCUT2D eigenvalue weighted by molar-refractivity contribution is 5.77. The molecule has 0 aliphatic carbocycles. The predicted molar refractivity (Wildman–Crippen MR) is 77.3 cm³/mol. The summed E-state index contributed by atoms with van der Waals surface area (Å²) in [4.78, 5) is 26.1. The van der Waals surface area contributed by atoms with E-state index in [0.29, 0.717) is 5.56 Å². The van der Waals surface area contributed by atoms with Crippen LogP contribution in [0.15, 0.2) is 48.7 Å². The zero-order valence-corrected chi connectivity index (χ0v) is 11.8. The molecular formula is C15H14N2O5. The minimum atomic E-state index is -1.09. The molecule has 22 heavy (non-hydrogen) atoms. The van der Waals surface area contributed by atoms with E-state index in [-0.39, 0.29) is 12.4 Å². The number of nitrogens with zero attached hydrogens (tertiary/aromatic N) is 2. The van der Waals surface area contributed by atoms with Gasteiger partial charge in [-0.05, 0) is 29.0 Å². The molecule has 0 saturated heterocycles. The Labute approximate surface area is 126 Å². The SMILES string of the molecule is CCOC(=O)[C@H](Oc1cccnc1[N+](=O)[O-])c1ccccc1. The summed E-state index contributed by atoms with van der Waals surface area (Å²) in [6.45, 7) is 1.85. The smallest absolute Gasteiger partial charge is 0.406 e. The molecular weight excluding hydrogens is 288 g/mol. The maximum absolute atomic E-state index is 12.1. The van der Waals surface area contributed by atoms with Crippen LogP contribution in [0.25, 0.3) is 0 Å². The van der Waals surface area contributed by atoms with Crippen molar-refractivity contribution in [3.05, 3.63) is 64.3 Å². The molecule has 1 heterocycles. The van der Waals surface area contributed by atoms with Crippen molar-refractivity contribution in [2.45, 2.75) is 13.0 Å². The maximum Gasteiger partial charge on any atom is 0.406 e. The molecule has 0 unspecified atom stereocenters. The average molecular weight is 302 g/mol. The predicted octanol–water partition coefficient (Wildman–Crippen LogP) is 2.67. The monoisotopic (exact) mass is 302 g/mol. The molecule has 0 spiro atoms. The highest BCUT2D eigenvalue weighted by atomic mass is 16.6. The van der Waals surface area contributed by atoms with Gasteiger partial charge in [-0.1, -0.05) is 30.3 Å². The van der Waals surface area contributed by atoms with Crippen molar-refractivity contribution in [3.63, 3.8) is 0 Å². The van der Waals surface area contributed by atoms with E-state index in [2.05, 4.69) is 4.98 Å². The van der Waals surface area contributed by atoms with Crippen LogP contribution in [0.4, 0.5) is 5.82 Å². The second-order valence-electron chi connectivity index (χ2n) is 4.24. The number of benzene rings is 1. The van der Waals surface area contributed by atoms with Gasteiger partial charge in [-0.15, -0.1) is 0 Å². The van der Waals surface area contributed by atoms with Crippen LogP contribution in [-0.4, -0.2) is 22.5 Å². The van der Waals surface area contributed by atoms with Crippen LogP contribution in [-0.2, 0) is 9.53 Å². The van der Waals surface area contributed by atoms with E-state index in [1.54, 1.807) is 37.3 Å². The van der Waals surface area contributed by atoms with E-state index in [4.69, 9.17) is 9.47 Å². The molecule has 0 radical (unpaired) electrons. The standard InChI is InChI=1S/C15H14N2O5/c1-2-21-15(18)13(11-7-4-3-5-8-11)22-12-9-6-10-16-14(12)17(19)20/h3-10,13H,2H2,1H3/t13-/m1/s1. The van der Waals surface area contributed by atoms with E-state index in [1.165, 1.54) is 18.3 Å². The Hall–Kier alpha value is -2.96. The normalized spacial score (nSPS) is 11.5. The maximum atomic E-state index is 12.1. The summed E-state index contributed by atoms with van der Waals surface area (Å²) in [7, 11) is 0. The fourth-order valence-corrected chi connectivity index (χ4v) is 1.84. The van der Waals surface area contributed by atoms with Crippen LogP contribution < -0.4 is 4.74 Å². The molecule has 1 atom stereocenters. The molecule has 1 aromatic carbocycles. The number of rotatable bonds is 6. The van der Waals surface area contributed by atoms with Crippen molar-refractivity contribution in [1.82, 2.24) is 4.98 Å². The first-order valence-electron chi connectivity index (χ1n) is 6.61. The van der Waals surface area contributed by atoms with E-state index in [9.17, 15) is 14.9 Å². The van der Waals surface area contributed by atoms with Gasteiger partial charge < -0.3 is 19.6 Å². The molecule has 1 aromatic heterocycles. The Balaban J connectivity index is 2.35. The Morgan fingerprint density at radius 1 is 1.27 bits per heavy atom. The van der Waals surface area contributed by atoms with Crippen molar-refractivity contribution in [2.75, 3.05) is 6.61 Å². The van der Waals surface area contributed by atoms with Gasteiger partial charge in [-0.25, -0.2) is 4.79 Å². The van der Waals surface area contributed by atoms with Crippen molar-refractivity contribution in [1.29, 1.82) is 0 Å². The van der Waals surface area contributed by atoms with Crippen LogP contribution >= 0.6 is 0 Å². The zero-order chi connectivity index (χ0) is 15.9. The Kier molecular flexibility index (Phi) is 5.02. The number of aromatic nitrogens is 1. The summed E-state index contributed by atoms with van der Waals surface area (Å²) < 4.78 is 10.5. The highest BCUT2D eigenvalue weighted by Crippen LogP contribution is 2.29. The Morgan fingerprint density at radius 2 is 2.00 bits per heavy atom. The lowest BCUT2D eigenvalue weighted by molar-refractivity contribution is -0.390. The summed E-state index contributed by atoms with van der Waals surface area (Å²) >= 11 is 0. The molecule has 0 amide bonds. The molecule has 7 nitrogen and oxygen atoms in total. The van der Waals surface area contributed by atoms with Crippen molar-refractivity contribution in [3.8, 4) is 5.75 Å². The van der Waals surface area contributed by atoms with Crippen LogP contribution in [0.3, 0.4) is 0 Å². The van der Waals surface area contributed by atoms with Gasteiger partial charge in [-0.3, -0.25) is 0 Å². The van der Waals surface area contributed by atoms with Gasteiger partial charge in [0.25, 0.3) is 0 Å². The lowest BCUT2D eigenvalue weighted by Gasteiger charge is -2.17. The molecule has 0 N–H and O–H groups in total. The van der Waals surface area contributed by atoms with E-state index in [1.807, 2.05) is 0 Å². The number of ether oxygens (including phenoxy) is 2. The second kappa shape index (κ2) is 7.16. The first kappa shape index (κ1) is 15.4. The van der Waals surface area contributed by atoms with Gasteiger partial charge in [0.2, 0.25) is 11.9 Å². The number of nitro groups is 1. The summed E-state index contributed by atoms with van der Waals surface area (Å²) in [5.74, 6) is -1.16. The number of carbonyl (C=O) groups excluding carboxylic acids is 1. The van der Waals surface area contributed by atoms with Crippen molar-refractivity contribution >= 4 is 11.8 Å². The molecule has 7 heteroatoms. The quantitative estimate of drug-likeness (QED) is 0.463. The minimum Gasteiger partial charge on any atom is -0.465 e. The third kappa shape index (κ3) is 3.57. The van der Waals surface area contributed by atoms with Crippen molar-refractivity contribution in [2.24, 2.45) is 0 Å². The lowest BCUT2D eigenvalue weighted by Crippen LogP contribution is -2.22.